The molecule has 102 valence electrons. The van der Waals surface area contributed by atoms with E-state index in [4.69, 9.17) is 10.2 Å². The van der Waals surface area contributed by atoms with Crippen molar-refractivity contribution < 1.29 is 4.42 Å². The van der Waals surface area contributed by atoms with Crippen LogP contribution < -0.4 is 5.73 Å². The molecule has 1 unspecified atom stereocenters. The fourth-order valence-electron chi connectivity index (χ4n) is 2.73. The monoisotopic (exact) mass is 251 g/mol. The van der Waals surface area contributed by atoms with E-state index < -0.39 is 0 Å². The van der Waals surface area contributed by atoms with Crippen LogP contribution in [0.2, 0.25) is 0 Å². The number of aryl methyl sites for hydroxylation is 1. The highest BCUT2D eigenvalue weighted by atomic mass is 16.3. The molecule has 1 aliphatic heterocycles. The summed E-state index contributed by atoms with van der Waals surface area (Å²) in [4.78, 5) is 4.91. The van der Waals surface area contributed by atoms with Gasteiger partial charge in [-0.15, -0.1) is 0 Å². The van der Waals surface area contributed by atoms with Crippen molar-refractivity contribution in [2.24, 2.45) is 5.73 Å². The lowest BCUT2D eigenvalue weighted by Crippen LogP contribution is -2.37. The third kappa shape index (κ3) is 3.13. The van der Waals surface area contributed by atoms with Crippen LogP contribution in [0.15, 0.2) is 10.5 Å². The average Bonchev–Trinajstić information content (AvgIpc) is 2.59. The van der Waals surface area contributed by atoms with Crippen LogP contribution in [0.3, 0.4) is 0 Å². The number of hydrogen-bond donors (Lipinski definition) is 1. The zero-order chi connectivity index (χ0) is 13.1. The SMILES string of the molecule is Cc1cc(CN2CCCN(C)CC2C)oc1CN. The van der Waals surface area contributed by atoms with E-state index in [1.165, 1.54) is 18.5 Å². The second-order valence-corrected chi connectivity index (χ2v) is 5.46. The molecule has 0 radical (unpaired) electrons. The quantitative estimate of drug-likeness (QED) is 0.886. The summed E-state index contributed by atoms with van der Waals surface area (Å²) < 4.78 is 5.80. The van der Waals surface area contributed by atoms with E-state index in [9.17, 15) is 0 Å². The molecule has 2 rings (SSSR count). The van der Waals surface area contributed by atoms with Gasteiger partial charge in [-0.05, 0) is 45.5 Å². The topological polar surface area (TPSA) is 45.6 Å². The highest BCUT2D eigenvalue weighted by Crippen LogP contribution is 2.18. The summed E-state index contributed by atoms with van der Waals surface area (Å²) >= 11 is 0. The number of hydrogen-bond acceptors (Lipinski definition) is 4. The van der Waals surface area contributed by atoms with Gasteiger partial charge in [0.15, 0.2) is 0 Å². The van der Waals surface area contributed by atoms with Crippen molar-refractivity contribution in [1.29, 1.82) is 0 Å². The lowest BCUT2D eigenvalue weighted by atomic mass is 10.2. The Morgan fingerprint density at radius 1 is 1.44 bits per heavy atom. The summed E-state index contributed by atoms with van der Waals surface area (Å²) in [5.41, 5.74) is 6.83. The van der Waals surface area contributed by atoms with Gasteiger partial charge in [0.05, 0.1) is 13.1 Å². The highest BCUT2D eigenvalue weighted by Gasteiger charge is 2.21. The van der Waals surface area contributed by atoms with Crippen molar-refractivity contribution in [2.45, 2.75) is 39.4 Å². The summed E-state index contributed by atoms with van der Waals surface area (Å²) in [6, 6.07) is 2.70. The summed E-state index contributed by atoms with van der Waals surface area (Å²) in [5.74, 6) is 1.97. The van der Waals surface area contributed by atoms with Gasteiger partial charge in [0.2, 0.25) is 0 Å². The molecular formula is C14H25N3O. The van der Waals surface area contributed by atoms with Gasteiger partial charge in [-0.2, -0.15) is 0 Å². The molecule has 18 heavy (non-hydrogen) atoms. The van der Waals surface area contributed by atoms with Gasteiger partial charge >= 0.3 is 0 Å². The van der Waals surface area contributed by atoms with Gasteiger partial charge in [0.25, 0.3) is 0 Å². The molecule has 1 aromatic rings. The van der Waals surface area contributed by atoms with Crippen molar-refractivity contribution >= 4 is 0 Å². The van der Waals surface area contributed by atoms with Gasteiger partial charge in [-0.3, -0.25) is 4.90 Å². The van der Waals surface area contributed by atoms with Crippen LogP contribution in [-0.2, 0) is 13.1 Å². The van der Waals surface area contributed by atoms with E-state index in [0.29, 0.717) is 12.6 Å². The smallest absolute Gasteiger partial charge is 0.120 e. The molecule has 4 nitrogen and oxygen atoms in total. The van der Waals surface area contributed by atoms with Crippen molar-refractivity contribution in [2.75, 3.05) is 26.7 Å². The number of nitrogens with zero attached hydrogens (tertiary/aromatic N) is 2. The molecule has 4 heteroatoms. The Morgan fingerprint density at radius 2 is 2.22 bits per heavy atom. The van der Waals surface area contributed by atoms with E-state index in [1.54, 1.807) is 0 Å². The lowest BCUT2D eigenvalue weighted by Gasteiger charge is -2.26. The van der Waals surface area contributed by atoms with Gasteiger partial charge in [-0.25, -0.2) is 0 Å². The Balaban J connectivity index is 2.02. The molecule has 0 aromatic carbocycles. The van der Waals surface area contributed by atoms with E-state index in [-0.39, 0.29) is 0 Å². The predicted molar refractivity (Wildman–Crippen MR) is 73.3 cm³/mol. The first-order valence-corrected chi connectivity index (χ1v) is 6.81. The van der Waals surface area contributed by atoms with E-state index in [0.717, 1.165) is 31.2 Å². The van der Waals surface area contributed by atoms with Crippen LogP contribution in [0.1, 0.15) is 30.4 Å². The van der Waals surface area contributed by atoms with Gasteiger partial charge in [0.1, 0.15) is 11.5 Å². The van der Waals surface area contributed by atoms with Crippen molar-refractivity contribution in [3.63, 3.8) is 0 Å². The largest absolute Gasteiger partial charge is 0.463 e. The minimum absolute atomic E-state index is 0.490. The van der Waals surface area contributed by atoms with Crippen LogP contribution in [0.25, 0.3) is 0 Å². The second-order valence-electron chi connectivity index (χ2n) is 5.46. The third-order valence-corrected chi connectivity index (χ3v) is 3.80. The number of rotatable bonds is 3. The first-order valence-electron chi connectivity index (χ1n) is 6.81. The molecule has 0 spiro atoms. The highest BCUT2D eigenvalue weighted by molar-refractivity contribution is 5.19. The van der Waals surface area contributed by atoms with Gasteiger partial charge in [0, 0.05) is 19.1 Å². The van der Waals surface area contributed by atoms with E-state index in [1.807, 2.05) is 0 Å². The van der Waals surface area contributed by atoms with E-state index >= 15 is 0 Å². The summed E-state index contributed by atoms with van der Waals surface area (Å²) in [6.07, 6.45) is 1.23. The molecule has 0 saturated carbocycles. The first kappa shape index (κ1) is 13.6. The summed E-state index contributed by atoms with van der Waals surface area (Å²) in [7, 11) is 2.20. The minimum atomic E-state index is 0.490. The Kier molecular flexibility index (Phi) is 4.43. The minimum Gasteiger partial charge on any atom is -0.463 e. The molecule has 0 amide bonds. The molecule has 1 aromatic heterocycles. The molecule has 1 saturated heterocycles. The summed E-state index contributed by atoms with van der Waals surface area (Å²) in [5, 5.41) is 0. The maximum Gasteiger partial charge on any atom is 0.120 e. The van der Waals surface area contributed by atoms with Gasteiger partial charge in [-0.1, -0.05) is 0 Å². The molecule has 1 aliphatic rings. The van der Waals surface area contributed by atoms with Crippen molar-refractivity contribution in [3.8, 4) is 0 Å². The van der Waals surface area contributed by atoms with Crippen LogP contribution in [0, 0.1) is 6.92 Å². The maximum absolute atomic E-state index is 5.80. The summed E-state index contributed by atoms with van der Waals surface area (Å²) in [6.45, 7) is 9.20. The van der Waals surface area contributed by atoms with E-state index in [2.05, 4.69) is 36.8 Å². The van der Waals surface area contributed by atoms with Crippen LogP contribution in [-0.4, -0.2) is 42.5 Å². The second kappa shape index (κ2) is 5.87. The molecular weight excluding hydrogens is 226 g/mol. The third-order valence-electron chi connectivity index (χ3n) is 3.80. The van der Waals surface area contributed by atoms with Gasteiger partial charge < -0.3 is 15.1 Å². The van der Waals surface area contributed by atoms with Crippen molar-refractivity contribution in [1.82, 2.24) is 9.80 Å². The molecule has 2 heterocycles. The number of furan rings is 1. The Hall–Kier alpha value is -0.840. The lowest BCUT2D eigenvalue weighted by molar-refractivity contribution is 0.180. The number of nitrogens with two attached hydrogens (primary N) is 1. The molecule has 1 fully saturated rings. The zero-order valence-electron chi connectivity index (χ0n) is 11.8. The average molecular weight is 251 g/mol. The fourth-order valence-corrected chi connectivity index (χ4v) is 2.73. The van der Waals surface area contributed by atoms with Crippen LogP contribution in [0.5, 0.6) is 0 Å². The predicted octanol–water partition coefficient (Wildman–Crippen LogP) is 1.57. The van der Waals surface area contributed by atoms with Crippen molar-refractivity contribution in [3.05, 3.63) is 23.2 Å². The molecule has 2 N–H and O–H groups in total. The zero-order valence-corrected chi connectivity index (χ0v) is 11.8. The molecule has 0 bridgehead atoms. The Morgan fingerprint density at radius 3 is 2.89 bits per heavy atom. The Bertz CT molecular complexity index is 388. The number of likely N-dealkylation sites (N-methyl/N-ethyl adjacent to an activating group) is 1. The van der Waals surface area contributed by atoms with Crippen LogP contribution >= 0.6 is 0 Å². The molecule has 1 atom stereocenters. The fraction of sp³-hybridized carbons (Fsp3) is 0.714. The molecule has 0 aliphatic carbocycles. The normalized spacial score (nSPS) is 23.2. The Labute approximate surface area is 110 Å². The van der Waals surface area contributed by atoms with Crippen LogP contribution in [0.4, 0.5) is 0 Å². The first-order chi connectivity index (χ1) is 8.60. The standard InChI is InChI=1S/C14H25N3O/c1-11-7-13(18-14(11)8-15)10-17-6-4-5-16(3)9-12(17)2/h7,12H,4-6,8-10,15H2,1-3H3. The maximum atomic E-state index is 5.80.